The van der Waals surface area contributed by atoms with Crippen molar-refractivity contribution in [2.24, 2.45) is 0 Å². The third kappa shape index (κ3) is 4.55. The number of hydrogen-bond acceptors (Lipinski definition) is 5. The highest BCUT2D eigenvalue weighted by Gasteiger charge is 2.21. The molecule has 1 unspecified atom stereocenters. The molecule has 0 saturated carbocycles. The van der Waals surface area contributed by atoms with Crippen molar-refractivity contribution < 1.29 is 24.1 Å². The molecule has 0 bridgehead atoms. The maximum atomic E-state index is 12.5. The highest BCUT2D eigenvalue weighted by atomic mass is 16.7. The van der Waals surface area contributed by atoms with Crippen LogP contribution in [-0.4, -0.2) is 38.0 Å². The van der Waals surface area contributed by atoms with Crippen LogP contribution in [0.2, 0.25) is 0 Å². The van der Waals surface area contributed by atoms with Gasteiger partial charge in [-0.05, 0) is 29.8 Å². The summed E-state index contributed by atoms with van der Waals surface area (Å²) in [5, 5.41) is 10.2. The van der Waals surface area contributed by atoms with Crippen LogP contribution >= 0.6 is 0 Å². The molecular formula is C18H20O5. The fourth-order valence-electron chi connectivity index (χ4n) is 2.18. The van der Waals surface area contributed by atoms with E-state index in [4.69, 9.17) is 14.2 Å². The van der Waals surface area contributed by atoms with Crippen LogP contribution in [0.15, 0.2) is 48.5 Å². The summed E-state index contributed by atoms with van der Waals surface area (Å²) in [6.07, 6.45) is -0.919. The molecule has 2 aromatic rings. The van der Waals surface area contributed by atoms with E-state index in [1.165, 1.54) is 7.11 Å². The zero-order valence-corrected chi connectivity index (χ0v) is 13.2. The van der Waals surface area contributed by atoms with Gasteiger partial charge in [-0.15, -0.1) is 0 Å². The Kier molecular flexibility index (Phi) is 6.14. The summed E-state index contributed by atoms with van der Waals surface area (Å²) in [4.78, 5) is 12.5. The zero-order valence-electron chi connectivity index (χ0n) is 13.2. The molecule has 1 atom stereocenters. The molecule has 0 amide bonds. The molecule has 23 heavy (non-hydrogen) atoms. The lowest BCUT2D eigenvalue weighted by Crippen LogP contribution is -2.23. The number of aliphatic hydroxyl groups is 1. The number of hydrogen-bond donors (Lipinski definition) is 1. The van der Waals surface area contributed by atoms with Gasteiger partial charge < -0.3 is 19.3 Å². The predicted molar refractivity (Wildman–Crippen MR) is 86.0 cm³/mol. The molecule has 0 radical (unpaired) electrons. The van der Waals surface area contributed by atoms with Crippen LogP contribution in [-0.2, 0) is 11.2 Å². The predicted octanol–water partition coefficient (Wildman–Crippen LogP) is 2.46. The summed E-state index contributed by atoms with van der Waals surface area (Å²) in [5.74, 6) is 0.744. The summed E-state index contributed by atoms with van der Waals surface area (Å²) < 4.78 is 15.3. The van der Waals surface area contributed by atoms with E-state index in [1.54, 1.807) is 43.5 Å². The van der Waals surface area contributed by atoms with Gasteiger partial charge >= 0.3 is 0 Å². The average molecular weight is 316 g/mol. The number of carbonyl (C=O) groups is 1. The summed E-state index contributed by atoms with van der Waals surface area (Å²) in [6.45, 7) is 0.0405. The molecule has 5 heteroatoms. The number of aliphatic hydroxyl groups excluding tert-OH is 1. The van der Waals surface area contributed by atoms with E-state index >= 15 is 0 Å². The SMILES string of the molecule is COCOc1ccccc1C(=O)C(O)Cc1ccc(OC)cc1. The van der Waals surface area contributed by atoms with Crippen molar-refractivity contribution in [3.05, 3.63) is 59.7 Å². The second-order valence-corrected chi connectivity index (χ2v) is 4.98. The molecule has 2 aromatic carbocycles. The Morgan fingerprint density at radius 1 is 1.09 bits per heavy atom. The van der Waals surface area contributed by atoms with E-state index in [0.29, 0.717) is 11.3 Å². The van der Waals surface area contributed by atoms with Gasteiger partial charge in [0.15, 0.2) is 12.6 Å². The molecule has 0 aliphatic carbocycles. The molecule has 0 saturated heterocycles. The lowest BCUT2D eigenvalue weighted by atomic mass is 9.99. The Bertz CT molecular complexity index is 636. The minimum absolute atomic E-state index is 0.0405. The van der Waals surface area contributed by atoms with Gasteiger partial charge in [-0.1, -0.05) is 24.3 Å². The molecule has 0 fully saturated rings. The summed E-state index contributed by atoms with van der Waals surface area (Å²) in [6, 6.07) is 14.0. The lowest BCUT2D eigenvalue weighted by Gasteiger charge is -2.14. The van der Waals surface area contributed by atoms with Crippen molar-refractivity contribution in [2.45, 2.75) is 12.5 Å². The number of Topliss-reactive ketones (excluding diaryl/α,β-unsaturated/α-hetero) is 1. The quantitative estimate of drug-likeness (QED) is 0.599. The second-order valence-electron chi connectivity index (χ2n) is 4.98. The third-order valence-corrected chi connectivity index (χ3v) is 3.38. The van der Waals surface area contributed by atoms with Gasteiger partial charge in [-0.25, -0.2) is 0 Å². The standard InChI is InChI=1S/C18H20O5/c1-21-12-23-17-6-4-3-5-15(17)18(20)16(19)11-13-7-9-14(22-2)10-8-13/h3-10,16,19H,11-12H2,1-2H3. The Labute approximate surface area is 135 Å². The molecule has 0 aliphatic rings. The largest absolute Gasteiger partial charge is 0.497 e. The molecule has 2 rings (SSSR count). The molecule has 0 heterocycles. The summed E-state index contributed by atoms with van der Waals surface area (Å²) >= 11 is 0. The third-order valence-electron chi connectivity index (χ3n) is 3.38. The molecule has 122 valence electrons. The van der Waals surface area contributed by atoms with E-state index < -0.39 is 6.10 Å². The monoisotopic (exact) mass is 316 g/mol. The first kappa shape index (κ1) is 17.0. The van der Waals surface area contributed by atoms with Crippen molar-refractivity contribution in [2.75, 3.05) is 21.0 Å². The maximum absolute atomic E-state index is 12.5. The van der Waals surface area contributed by atoms with E-state index in [0.717, 1.165) is 11.3 Å². The fourth-order valence-corrected chi connectivity index (χ4v) is 2.18. The van der Waals surface area contributed by atoms with Crippen molar-refractivity contribution in [3.8, 4) is 11.5 Å². The fraction of sp³-hybridized carbons (Fsp3) is 0.278. The molecule has 0 spiro atoms. The highest BCUT2D eigenvalue weighted by Crippen LogP contribution is 2.21. The van der Waals surface area contributed by atoms with Gasteiger partial charge in [0, 0.05) is 13.5 Å². The van der Waals surface area contributed by atoms with Crippen LogP contribution in [0.5, 0.6) is 11.5 Å². The molecule has 1 N–H and O–H groups in total. The number of ether oxygens (including phenoxy) is 3. The lowest BCUT2D eigenvalue weighted by molar-refractivity contribution is 0.0491. The molecule has 5 nitrogen and oxygen atoms in total. The first-order chi connectivity index (χ1) is 11.2. The van der Waals surface area contributed by atoms with E-state index in [-0.39, 0.29) is 19.0 Å². The van der Waals surface area contributed by atoms with Crippen molar-refractivity contribution in [1.29, 1.82) is 0 Å². The molecule has 0 aromatic heterocycles. The van der Waals surface area contributed by atoms with Gasteiger partial charge in [-0.2, -0.15) is 0 Å². The number of rotatable bonds is 8. The summed E-state index contributed by atoms with van der Waals surface area (Å²) in [7, 11) is 3.09. The van der Waals surface area contributed by atoms with Crippen LogP contribution < -0.4 is 9.47 Å². The van der Waals surface area contributed by atoms with Crippen molar-refractivity contribution in [3.63, 3.8) is 0 Å². The highest BCUT2D eigenvalue weighted by molar-refractivity contribution is 6.01. The van der Waals surface area contributed by atoms with Crippen LogP contribution in [0.4, 0.5) is 0 Å². The van der Waals surface area contributed by atoms with Gasteiger partial charge in [0.2, 0.25) is 0 Å². The van der Waals surface area contributed by atoms with Gasteiger partial charge in [0.05, 0.1) is 12.7 Å². The normalized spacial score (nSPS) is 11.8. The van der Waals surface area contributed by atoms with Crippen molar-refractivity contribution >= 4 is 5.78 Å². The molecule has 0 aliphatic heterocycles. The number of ketones is 1. The van der Waals surface area contributed by atoms with Gasteiger partial charge in [-0.3, -0.25) is 4.79 Å². The minimum Gasteiger partial charge on any atom is -0.497 e. The number of carbonyl (C=O) groups excluding carboxylic acids is 1. The Hall–Kier alpha value is -2.37. The van der Waals surface area contributed by atoms with E-state index in [2.05, 4.69) is 0 Å². The molecular weight excluding hydrogens is 296 g/mol. The number of methoxy groups -OCH3 is 2. The summed E-state index contributed by atoms with van der Waals surface area (Å²) in [5.41, 5.74) is 1.19. The average Bonchev–Trinajstić information content (AvgIpc) is 2.60. The Balaban J connectivity index is 2.09. The smallest absolute Gasteiger partial charge is 0.195 e. The topological polar surface area (TPSA) is 65.0 Å². The first-order valence-electron chi connectivity index (χ1n) is 7.21. The van der Waals surface area contributed by atoms with Gasteiger partial charge in [0.1, 0.15) is 17.6 Å². The minimum atomic E-state index is -1.14. The number of para-hydroxylation sites is 1. The van der Waals surface area contributed by atoms with E-state index in [1.807, 2.05) is 12.1 Å². The Morgan fingerprint density at radius 3 is 2.43 bits per heavy atom. The van der Waals surface area contributed by atoms with Crippen LogP contribution in [0, 0.1) is 0 Å². The van der Waals surface area contributed by atoms with Crippen LogP contribution in [0.1, 0.15) is 15.9 Å². The van der Waals surface area contributed by atoms with Crippen LogP contribution in [0.25, 0.3) is 0 Å². The maximum Gasteiger partial charge on any atom is 0.195 e. The number of benzene rings is 2. The second kappa shape index (κ2) is 8.31. The van der Waals surface area contributed by atoms with Crippen molar-refractivity contribution in [1.82, 2.24) is 0 Å². The zero-order chi connectivity index (χ0) is 16.7. The van der Waals surface area contributed by atoms with Crippen LogP contribution in [0.3, 0.4) is 0 Å². The Morgan fingerprint density at radius 2 is 1.78 bits per heavy atom. The first-order valence-corrected chi connectivity index (χ1v) is 7.21. The van der Waals surface area contributed by atoms with E-state index in [9.17, 15) is 9.90 Å². The van der Waals surface area contributed by atoms with Gasteiger partial charge in [0.25, 0.3) is 0 Å².